The van der Waals surface area contributed by atoms with Gasteiger partial charge in [0.15, 0.2) is 6.17 Å². The van der Waals surface area contributed by atoms with E-state index in [1.54, 1.807) is 0 Å². The van der Waals surface area contributed by atoms with Gasteiger partial charge in [-0.05, 0) is 13.3 Å². The zero-order valence-electron chi connectivity index (χ0n) is 9.60. The predicted octanol–water partition coefficient (Wildman–Crippen LogP) is 4.50. The molecule has 0 radical (unpaired) electrons. The minimum absolute atomic E-state index is 0. The van der Waals surface area contributed by atoms with Gasteiger partial charge in [-0.15, -0.1) is 0 Å². The Morgan fingerprint density at radius 2 is 1.26 bits per heavy atom. The molecule has 114 valence electrons. The van der Waals surface area contributed by atoms with E-state index in [4.69, 9.17) is 0 Å². The Balaban J connectivity index is 0. The molecule has 0 aliphatic heterocycles. The summed E-state index contributed by atoms with van der Waals surface area (Å²) in [4.78, 5) is 0. The largest absolute Gasteiger partial charge is 0.425 e. The molecule has 0 bridgehead atoms. The van der Waals surface area contributed by atoms with Gasteiger partial charge >= 0.3 is 12.4 Å². The van der Waals surface area contributed by atoms with Crippen LogP contribution >= 0.6 is 0 Å². The van der Waals surface area contributed by atoms with Crippen LogP contribution in [0.5, 0.6) is 0 Å². The van der Waals surface area contributed by atoms with Crippen molar-refractivity contribution in [1.82, 2.24) is 0 Å². The molecule has 0 saturated heterocycles. The van der Waals surface area contributed by atoms with E-state index >= 15 is 0 Å². The van der Waals surface area contributed by atoms with Gasteiger partial charge in [-0.1, -0.05) is 0 Å². The van der Waals surface area contributed by atoms with Gasteiger partial charge in [0.25, 0.3) is 0 Å². The molecule has 19 heavy (non-hydrogen) atoms. The average molecular weight is 527 g/mol. The van der Waals surface area contributed by atoms with Crippen LogP contribution in [0.1, 0.15) is 19.8 Å². The van der Waals surface area contributed by atoms with Gasteiger partial charge in [-0.2, -0.15) is 32.8 Å². The summed E-state index contributed by atoms with van der Waals surface area (Å²) in [6, 6.07) is 0. The molecule has 0 heterocycles. The molecule has 10 heteroatoms. The van der Waals surface area contributed by atoms with Crippen LogP contribution in [-0.4, -0.2) is 29.9 Å². The first-order valence-electron chi connectivity index (χ1n) is 4.66. The molecule has 0 aromatic heterocycles. The number of hydrogen-bond acceptors (Lipinski definition) is 0. The van der Waals surface area contributed by atoms with Crippen LogP contribution in [0, 0.1) is 38.0 Å². The van der Waals surface area contributed by atoms with Gasteiger partial charge in [0.2, 0.25) is 11.3 Å². The smallest absolute Gasteiger partial charge is 0.343 e. The van der Waals surface area contributed by atoms with Gasteiger partial charge < -0.3 is 6.92 Å². The molecular formula is C9H10F9U-. The van der Waals surface area contributed by atoms with Crippen molar-refractivity contribution in [3.05, 3.63) is 6.92 Å². The zero-order valence-corrected chi connectivity index (χ0v) is 13.8. The molecule has 0 spiro atoms. The summed E-state index contributed by atoms with van der Waals surface area (Å²) >= 11 is 0. The summed E-state index contributed by atoms with van der Waals surface area (Å²) in [5, 5.41) is 0. The molecular weight excluding hydrogens is 517 g/mol. The van der Waals surface area contributed by atoms with Crippen LogP contribution in [0.25, 0.3) is 0 Å². The second-order valence-electron chi connectivity index (χ2n) is 3.90. The number of hydrogen-bond donors (Lipinski definition) is 0. The van der Waals surface area contributed by atoms with Gasteiger partial charge in [0.05, 0.1) is 0 Å². The minimum atomic E-state index is -5.97. The normalized spacial score (nSPS) is 21.0. The average Bonchev–Trinajstić information content (AvgIpc) is 2.13. The van der Waals surface area contributed by atoms with Crippen molar-refractivity contribution in [3.8, 4) is 0 Å². The molecule has 0 N–H and O–H groups in total. The van der Waals surface area contributed by atoms with Crippen molar-refractivity contribution in [3.63, 3.8) is 0 Å². The van der Waals surface area contributed by atoms with Crippen LogP contribution in [0.3, 0.4) is 0 Å². The molecule has 0 fully saturated rings. The fourth-order valence-electron chi connectivity index (χ4n) is 1.24. The number of rotatable bonds is 4. The third kappa shape index (κ3) is 4.19. The third-order valence-corrected chi connectivity index (χ3v) is 2.44. The fourth-order valence-corrected chi connectivity index (χ4v) is 1.24. The van der Waals surface area contributed by atoms with Crippen LogP contribution in [0.15, 0.2) is 0 Å². The molecule has 3 unspecified atom stereocenters. The first kappa shape index (κ1) is 21.7. The molecule has 0 rings (SSSR count). The first-order chi connectivity index (χ1) is 7.72. The third-order valence-electron chi connectivity index (χ3n) is 2.44. The van der Waals surface area contributed by atoms with Crippen molar-refractivity contribution in [2.24, 2.45) is 0 Å². The monoisotopic (exact) mass is 527 g/mol. The van der Waals surface area contributed by atoms with Gasteiger partial charge in [-0.25, -0.2) is 13.2 Å². The topological polar surface area (TPSA) is 0 Å². The number of alkyl halides is 9. The van der Waals surface area contributed by atoms with E-state index in [2.05, 4.69) is 6.92 Å². The first-order valence-corrected chi connectivity index (χ1v) is 4.66. The Labute approximate surface area is 127 Å². The molecule has 0 aromatic carbocycles. The van der Waals surface area contributed by atoms with Crippen molar-refractivity contribution >= 4 is 0 Å². The maximum atomic E-state index is 13.4. The Bertz CT molecular complexity index is 282. The van der Waals surface area contributed by atoms with Crippen molar-refractivity contribution < 1.29 is 70.6 Å². The number of halogens is 9. The quantitative estimate of drug-likeness (QED) is 0.374. The standard InChI is InChI=1S/C9H10F9.U/c1-3-4-7(12,9(16,17)18)5(10)6(2,11)8(13,14)15;/h5H,1,3-4H2,2H3;/q-1;. The second kappa shape index (κ2) is 6.46. The van der Waals surface area contributed by atoms with Crippen molar-refractivity contribution in [1.29, 1.82) is 0 Å². The molecule has 0 aliphatic rings. The Kier molecular flexibility index (Phi) is 7.38. The summed E-state index contributed by atoms with van der Waals surface area (Å²) in [5.74, 6) is 0. The summed E-state index contributed by atoms with van der Waals surface area (Å²) < 4.78 is 113. The molecule has 0 amide bonds. The summed E-state index contributed by atoms with van der Waals surface area (Å²) in [6.45, 7) is 2.33. The molecule has 0 saturated carbocycles. The van der Waals surface area contributed by atoms with E-state index in [1.807, 2.05) is 0 Å². The molecule has 0 aliphatic carbocycles. The van der Waals surface area contributed by atoms with Gasteiger partial charge in [0, 0.05) is 31.1 Å². The fraction of sp³-hybridized carbons (Fsp3) is 0.889. The van der Waals surface area contributed by atoms with Crippen molar-refractivity contribution in [2.45, 2.75) is 49.6 Å². The SMILES string of the molecule is [CH2-]CCC(F)(C(F)C(C)(F)C(F)(F)F)C(F)(F)F.[U]. The predicted molar refractivity (Wildman–Crippen MR) is 44.9 cm³/mol. The molecule has 0 nitrogen and oxygen atoms in total. The van der Waals surface area contributed by atoms with Gasteiger partial charge in [0.1, 0.15) is 0 Å². The van der Waals surface area contributed by atoms with Gasteiger partial charge in [-0.3, -0.25) is 0 Å². The zero-order chi connectivity index (χ0) is 15.0. The van der Waals surface area contributed by atoms with E-state index < -0.39 is 49.6 Å². The Morgan fingerprint density at radius 1 is 0.895 bits per heavy atom. The van der Waals surface area contributed by atoms with E-state index in [9.17, 15) is 39.5 Å². The van der Waals surface area contributed by atoms with Crippen LogP contribution in [-0.2, 0) is 0 Å². The van der Waals surface area contributed by atoms with E-state index in [0.717, 1.165) is 0 Å². The summed E-state index contributed by atoms with van der Waals surface area (Å²) in [7, 11) is 0. The van der Waals surface area contributed by atoms with E-state index in [-0.39, 0.29) is 31.1 Å². The Hall–Kier alpha value is 0.422. The summed E-state index contributed by atoms with van der Waals surface area (Å²) in [6.07, 6.45) is -18.9. The maximum absolute atomic E-state index is 13.4. The van der Waals surface area contributed by atoms with E-state index in [1.165, 1.54) is 0 Å². The second-order valence-corrected chi connectivity index (χ2v) is 3.90. The minimum Gasteiger partial charge on any atom is -0.343 e. The maximum Gasteiger partial charge on any atom is 0.425 e. The van der Waals surface area contributed by atoms with Crippen LogP contribution < -0.4 is 0 Å². The van der Waals surface area contributed by atoms with Crippen LogP contribution in [0.4, 0.5) is 39.5 Å². The summed E-state index contributed by atoms with van der Waals surface area (Å²) in [5.41, 5.74) is -9.89. The Morgan fingerprint density at radius 3 is 1.47 bits per heavy atom. The van der Waals surface area contributed by atoms with E-state index in [0.29, 0.717) is 0 Å². The molecule has 3 atom stereocenters. The molecule has 0 aromatic rings. The van der Waals surface area contributed by atoms with Crippen LogP contribution in [0.2, 0.25) is 0 Å². The van der Waals surface area contributed by atoms with Crippen molar-refractivity contribution in [2.75, 3.05) is 0 Å².